The number of halogens is 2. The van der Waals surface area contributed by atoms with Crippen molar-refractivity contribution < 1.29 is 9.90 Å². The molecular weight excluding hydrogens is 387 g/mol. The Bertz CT molecular complexity index is 1020. The number of hydrogen-bond donors (Lipinski definition) is 1. The van der Waals surface area contributed by atoms with Gasteiger partial charge in [0.05, 0.1) is 24.0 Å². The lowest BCUT2D eigenvalue weighted by molar-refractivity contribution is -0.137. The number of para-hydroxylation sites is 2. The van der Waals surface area contributed by atoms with Crippen LogP contribution in [0.2, 0.25) is 10.0 Å². The van der Waals surface area contributed by atoms with Crippen LogP contribution in [0.1, 0.15) is 37.8 Å². The summed E-state index contributed by atoms with van der Waals surface area (Å²) in [5.41, 5.74) is 2.06. The predicted molar refractivity (Wildman–Crippen MR) is 108 cm³/mol. The van der Waals surface area contributed by atoms with E-state index in [1.54, 1.807) is 27.3 Å². The first-order chi connectivity index (χ1) is 12.9. The van der Waals surface area contributed by atoms with Crippen molar-refractivity contribution >= 4 is 40.2 Å². The third-order valence-corrected chi connectivity index (χ3v) is 4.97. The molecule has 0 radical (unpaired) electrons. The van der Waals surface area contributed by atoms with Crippen molar-refractivity contribution in [3.05, 3.63) is 68.6 Å². The Kier molecular flexibility index (Phi) is 5.92. The van der Waals surface area contributed by atoms with Crippen LogP contribution in [0.15, 0.2) is 47.3 Å². The van der Waals surface area contributed by atoms with Crippen molar-refractivity contribution in [3.8, 4) is 0 Å². The first-order valence-electron chi connectivity index (χ1n) is 8.77. The van der Waals surface area contributed by atoms with E-state index in [1.165, 1.54) is 0 Å². The number of aromatic nitrogens is 2. The van der Waals surface area contributed by atoms with Crippen molar-refractivity contribution in [3.63, 3.8) is 0 Å². The number of imidazole rings is 1. The summed E-state index contributed by atoms with van der Waals surface area (Å²) in [6.45, 7) is 2.28. The summed E-state index contributed by atoms with van der Waals surface area (Å²) in [6, 6.07) is 12.2. The van der Waals surface area contributed by atoms with Gasteiger partial charge in [-0.05, 0) is 42.3 Å². The molecule has 3 aromatic rings. The Morgan fingerprint density at radius 1 is 1.11 bits per heavy atom. The normalized spacial score (nSPS) is 12.4. The third kappa shape index (κ3) is 4.20. The van der Waals surface area contributed by atoms with E-state index < -0.39 is 12.0 Å². The molecule has 27 heavy (non-hydrogen) atoms. The predicted octanol–water partition coefficient (Wildman–Crippen LogP) is 4.97. The summed E-state index contributed by atoms with van der Waals surface area (Å²) in [5.74, 6) is -0.918. The van der Waals surface area contributed by atoms with Gasteiger partial charge in [0.2, 0.25) is 0 Å². The number of aliphatic carboxylic acids is 1. The zero-order valence-electron chi connectivity index (χ0n) is 14.9. The smallest absolute Gasteiger partial charge is 0.329 e. The second-order valence-electron chi connectivity index (χ2n) is 6.55. The Hall–Kier alpha value is -2.24. The van der Waals surface area contributed by atoms with Gasteiger partial charge in [0, 0.05) is 16.1 Å². The fourth-order valence-electron chi connectivity index (χ4n) is 3.48. The Balaban J connectivity index is 2.15. The van der Waals surface area contributed by atoms with Crippen molar-refractivity contribution in [1.82, 2.24) is 9.13 Å². The summed E-state index contributed by atoms with van der Waals surface area (Å²) < 4.78 is 3.25. The number of carbonyl (C=O) groups is 1. The lowest BCUT2D eigenvalue weighted by atomic mass is 10.1. The number of fused-ring (bicyclic) bond motifs is 1. The molecule has 1 unspecified atom stereocenters. The first kappa shape index (κ1) is 19.5. The zero-order valence-corrected chi connectivity index (χ0v) is 16.4. The molecule has 7 heteroatoms. The molecule has 2 aromatic carbocycles. The van der Waals surface area contributed by atoms with Crippen molar-refractivity contribution in [2.75, 3.05) is 0 Å². The van der Waals surface area contributed by atoms with E-state index >= 15 is 0 Å². The van der Waals surface area contributed by atoms with E-state index in [-0.39, 0.29) is 12.1 Å². The maximum absolute atomic E-state index is 13.2. The summed E-state index contributed by atoms with van der Waals surface area (Å²) in [7, 11) is 0. The van der Waals surface area contributed by atoms with Crippen LogP contribution in [0.25, 0.3) is 11.0 Å². The topological polar surface area (TPSA) is 64.2 Å². The average molecular weight is 407 g/mol. The number of carboxylic acid groups (broad SMARTS) is 1. The van der Waals surface area contributed by atoms with Gasteiger partial charge in [0.15, 0.2) is 0 Å². The fraction of sp³-hybridized carbons (Fsp3) is 0.300. The number of rotatable bonds is 7. The van der Waals surface area contributed by atoms with Gasteiger partial charge in [-0.25, -0.2) is 4.79 Å². The Morgan fingerprint density at radius 3 is 2.33 bits per heavy atom. The number of hydrogen-bond acceptors (Lipinski definition) is 2. The van der Waals surface area contributed by atoms with Crippen molar-refractivity contribution in [2.45, 2.75) is 38.8 Å². The van der Waals surface area contributed by atoms with E-state index in [2.05, 4.69) is 0 Å². The Labute approximate surface area is 166 Å². The summed E-state index contributed by atoms with van der Waals surface area (Å²) in [6.07, 6.45) is 1.31. The molecule has 0 fully saturated rings. The van der Waals surface area contributed by atoms with Crippen LogP contribution in [0.3, 0.4) is 0 Å². The van der Waals surface area contributed by atoms with Crippen LogP contribution in [0.5, 0.6) is 0 Å². The van der Waals surface area contributed by atoms with Crippen LogP contribution in [-0.2, 0) is 11.3 Å². The summed E-state index contributed by atoms with van der Waals surface area (Å²) in [4.78, 5) is 24.6. The van der Waals surface area contributed by atoms with E-state index in [9.17, 15) is 14.7 Å². The fourth-order valence-corrected chi connectivity index (χ4v) is 4.05. The molecule has 0 saturated carbocycles. The largest absolute Gasteiger partial charge is 0.481 e. The minimum Gasteiger partial charge on any atom is -0.481 e. The molecule has 1 N–H and O–H groups in total. The molecule has 1 aromatic heterocycles. The van der Waals surface area contributed by atoms with E-state index in [0.717, 1.165) is 23.0 Å². The molecule has 0 aliphatic heterocycles. The standard InChI is InChI=1S/C20H20Cl2N2O3/c1-2-5-16(11-19(25)26)24-18-7-4-3-6-17(18)23(20(24)27)12-13-8-14(21)10-15(22)9-13/h3-4,6-10,16H,2,5,11-12H2,1H3,(H,25,26). The molecule has 5 nitrogen and oxygen atoms in total. The highest BCUT2D eigenvalue weighted by Gasteiger charge is 2.22. The maximum Gasteiger partial charge on any atom is 0.329 e. The van der Waals surface area contributed by atoms with Crippen LogP contribution in [0, 0.1) is 0 Å². The highest BCUT2D eigenvalue weighted by Crippen LogP contribution is 2.25. The SMILES string of the molecule is CCCC(CC(=O)O)n1c(=O)n(Cc2cc(Cl)cc(Cl)c2)c2ccccc21. The highest BCUT2D eigenvalue weighted by molar-refractivity contribution is 6.34. The molecule has 142 valence electrons. The van der Waals surface area contributed by atoms with Crippen LogP contribution in [0.4, 0.5) is 0 Å². The lowest BCUT2D eigenvalue weighted by Crippen LogP contribution is -2.29. The van der Waals surface area contributed by atoms with E-state index in [4.69, 9.17) is 23.2 Å². The third-order valence-electron chi connectivity index (χ3n) is 4.53. The summed E-state index contributed by atoms with van der Waals surface area (Å²) >= 11 is 12.2. The minimum absolute atomic E-state index is 0.0925. The second kappa shape index (κ2) is 8.19. The number of nitrogens with zero attached hydrogens (tertiary/aromatic N) is 2. The minimum atomic E-state index is -0.918. The van der Waals surface area contributed by atoms with Gasteiger partial charge >= 0.3 is 11.7 Å². The zero-order chi connectivity index (χ0) is 19.6. The van der Waals surface area contributed by atoms with E-state index in [1.807, 2.05) is 31.2 Å². The van der Waals surface area contributed by atoms with Gasteiger partial charge in [-0.1, -0.05) is 48.7 Å². The van der Waals surface area contributed by atoms with Crippen LogP contribution < -0.4 is 5.69 Å². The van der Waals surface area contributed by atoms with E-state index in [0.29, 0.717) is 23.0 Å². The second-order valence-corrected chi connectivity index (χ2v) is 7.42. The molecule has 0 aliphatic carbocycles. The molecular formula is C20H20Cl2N2O3. The van der Waals surface area contributed by atoms with Crippen LogP contribution in [-0.4, -0.2) is 20.2 Å². The van der Waals surface area contributed by atoms with Crippen molar-refractivity contribution in [2.24, 2.45) is 0 Å². The average Bonchev–Trinajstić information content (AvgIpc) is 2.85. The van der Waals surface area contributed by atoms with Gasteiger partial charge in [-0.3, -0.25) is 13.9 Å². The van der Waals surface area contributed by atoms with Gasteiger partial charge in [-0.2, -0.15) is 0 Å². The molecule has 1 atom stereocenters. The molecule has 0 bridgehead atoms. The van der Waals surface area contributed by atoms with Crippen LogP contribution >= 0.6 is 23.2 Å². The molecule has 0 saturated heterocycles. The molecule has 0 aliphatic rings. The molecule has 1 heterocycles. The monoisotopic (exact) mass is 406 g/mol. The van der Waals surface area contributed by atoms with Gasteiger partial charge in [-0.15, -0.1) is 0 Å². The lowest BCUT2D eigenvalue weighted by Gasteiger charge is -2.16. The first-order valence-corrected chi connectivity index (χ1v) is 9.52. The quantitative estimate of drug-likeness (QED) is 0.601. The molecule has 0 amide bonds. The van der Waals surface area contributed by atoms with Gasteiger partial charge in [0.25, 0.3) is 0 Å². The van der Waals surface area contributed by atoms with Crippen molar-refractivity contribution in [1.29, 1.82) is 0 Å². The maximum atomic E-state index is 13.2. The summed E-state index contributed by atoms with van der Waals surface area (Å²) in [5, 5.41) is 10.3. The number of benzene rings is 2. The highest BCUT2D eigenvalue weighted by atomic mass is 35.5. The molecule has 0 spiro atoms. The van der Waals surface area contributed by atoms with Gasteiger partial charge < -0.3 is 5.11 Å². The molecule has 3 rings (SSSR count). The van der Waals surface area contributed by atoms with Gasteiger partial charge in [0.1, 0.15) is 0 Å². The Morgan fingerprint density at radius 2 is 1.74 bits per heavy atom. The number of carboxylic acids is 1.